The molecule has 0 spiro atoms. The molecular weight excluding hydrogens is 308 g/mol. The van der Waals surface area contributed by atoms with Gasteiger partial charge in [0.15, 0.2) is 0 Å². The van der Waals surface area contributed by atoms with Crippen LogP contribution >= 0.6 is 0 Å². The van der Waals surface area contributed by atoms with Crippen LogP contribution in [0.5, 0.6) is 0 Å². The van der Waals surface area contributed by atoms with Crippen LogP contribution in [0.2, 0.25) is 0 Å². The minimum absolute atomic E-state index is 0.0429. The number of hydrogen-bond donors (Lipinski definition) is 1. The van der Waals surface area contributed by atoms with Crippen LogP contribution in [-0.4, -0.2) is 49.4 Å². The van der Waals surface area contributed by atoms with Crippen molar-refractivity contribution in [3.05, 3.63) is 48.0 Å². The highest BCUT2D eigenvalue weighted by molar-refractivity contribution is 5.94. The zero-order valence-electron chi connectivity index (χ0n) is 13.7. The maximum Gasteiger partial charge on any atom is 0.330 e. The fourth-order valence-electron chi connectivity index (χ4n) is 2.67. The van der Waals surface area contributed by atoms with Crippen LogP contribution in [0, 0.1) is 5.92 Å². The minimum atomic E-state index is -0.457. The number of likely N-dealkylation sites (tertiary alicyclic amines) is 1. The van der Waals surface area contributed by atoms with Gasteiger partial charge in [-0.1, -0.05) is 24.3 Å². The van der Waals surface area contributed by atoms with Crippen LogP contribution in [0.15, 0.2) is 42.5 Å². The predicted molar refractivity (Wildman–Crippen MR) is 89.2 cm³/mol. The van der Waals surface area contributed by atoms with E-state index in [9.17, 15) is 14.4 Å². The molecule has 6 heteroatoms. The highest BCUT2D eigenvalue weighted by Crippen LogP contribution is 2.18. The monoisotopic (exact) mass is 330 g/mol. The molecular formula is C18H22N2O4. The largest absolute Gasteiger partial charge is 0.466 e. The minimum Gasteiger partial charge on any atom is -0.466 e. The van der Waals surface area contributed by atoms with Crippen molar-refractivity contribution in [1.29, 1.82) is 0 Å². The van der Waals surface area contributed by atoms with Gasteiger partial charge in [0.2, 0.25) is 5.91 Å². The van der Waals surface area contributed by atoms with Gasteiger partial charge in [-0.25, -0.2) is 4.79 Å². The maximum absolute atomic E-state index is 12.5. The predicted octanol–water partition coefficient (Wildman–Crippen LogP) is 1.38. The lowest BCUT2D eigenvalue weighted by Gasteiger charge is -2.32. The summed E-state index contributed by atoms with van der Waals surface area (Å²) in [5.41, 5.74) is 0.638. The summed E-state index contributed by atoms with van der Waals surface area (Å²) >= 11 is 0. The maximum atomic E-state index is 12.5. The standard InChI is InChI=1S/C18H22N2O4/c1-24-16(21)10-5-11-19-17(22)15-9-6-12-20(13-15)18(23)14-7-3-2-4-8-14/h2-5,7-8,10,15H,6,9,11-13H2,1H3,(H,19,22)/b10-5+. The number of carbonyl (C=O) groups is 3. The third-order valence-electron chi connectivity index (χ3n) is 3.95. The SMILES string of the molecule is COC(=O)/C=C/CNC(=O)C1CCCN(C(=O)c2ccccc2)C1. The average Bonchev–Trinajstić information content (AvgIpc) is 2.65. The second kappa shape index (κ2) is 8.86. The summed E-state index contributed by atoms with van der Waals surface area (Å²) in [5.74, 6) is -0.826. The van der Waals surface area contributed by atoms with E-state index in [1.807, 2.05) is 18.2 Å². The van der Waals surface area contributed by atoms with E-state index in [0.717, 1.165) is 12.8 Å². The summed E-state index contributed by atoms with van der Waals surface area (Å²) in [6.45, 7) is 1.34. The lowest BCUT2D eigenvalue weighted by molar-refractivity contribution is -0.135. The number of amides is 2. The average molecular weight is 330 g/mol. The molecule has 1 N–H and O–H groups in total. The summed E-state index contributed by atoms with van der Waals surface area (Å²) in [7, 11) is 1.30. The van der Waals surface area contributed by atoms with E-state index in [1.54, 1.807) is 23.1 Å². The molecule has 0 bridgehead atoms. The van der Waals surface area contributed by atoms with Crippen LogP contribution in [-0.2, 0) is 14.3 Å². The van der Waals surface area contributed by atoms with Crippen molar-refractivity contribution in [3.8, 4) is 0 Å². The van der Waals surface area contributed by atoms with E-state index in [2.05, 4.69) is 10.1 Å². The number of carbonyl (C=O) groups excluding carboxylic acids is 3. The van der Waals surface area contributed by atoms with E-state index >= 15 is 0 Å². The molecule has 1 aromatic rings. The van der Waals surface area contributed by atoms with Gasteiger partial charge in [-0.2, -0.15) is 0 Å². The molecule has 24 heavy (non-hydrogen) atoms. The van der Waals surface area contributed by atoms with E-state index in [4.69, 9.17) is 0 Å². The van der Waals surface area contributed by atoms with Crippen LogP contribution in [0.4, 0.5) is 0 Å². The van der Waals surface area contributed by atoms with Gasteiger partial charge in [0.1, 0.15) is 0 Å². The lowest BCUT2D eigenvalue weighted by atomic mass is 9.96. The number of hydrogen-bond acceptors (Lipinski definition) is 4. The van der Waals surface area contributed by atoms with E-state index in [0.29, 0.717) is 18.7 Å². The van der Waals surface area contributed by atoms with Gasteiger partial charge in [0.25, 0.3) is 5.91 Å². The number of methoxy groups -OCH3 is 1. The summed E-state index contributed by atoms with van der Waals surface area (Å²) in [4.78, 5) is 37.4. The molecule has 6 nitrogen and oxygen atoms in total. The van der Waals surface area contributed by atoms with Crippen molar-refractivity contribution in [2.24, 2.45) is 5.92 Å². The molecule has 2 rings (SSSR count). The highest BCUT2D eigenvalue weighted by atomic mass is 16.5. The van der Waals surface area contributed by atoms with Gasteiger partial charge < -0.3 is 15.0 Å². The first-order chi connectivity index (χ1) is 11.6. The van der Waals surface area contributed by atoms with Gasteiger partial charge in [-0.3, -0.25) is 9.59 Å². The Morgan fingerprint density at radius 3 is 2.75 bits per heavy atom. The summed E-state index contributed by atoms with van der Waals surface area (Å²) in [6.07, 6.45) is 4.37. The molecule has 128 valence electrons. The van der Waals surface area contributed by atoms with Gasteiger partial charge in [0.05, 0.1) is 13.0 Å². The molecule has 1 saturated heterocycles. The molecule has 1 unspecified atom stereocenters. The second-order valence-electron chi connectivity index (χ2n) is 5.63. The molecule has 0 radical (unpaired) electrons. The smallest absolute Gasteiger partial charge is 0.330 e. The Labute approximate surface area is 141 Å². The van der Waals surface area contributed by atoms with Crippen LogP contribution in [0.3, 0.4) is 0 Å². The van der Waals surface area contributed by atoms with E-state index < -0.39 is 5.97 Å². The van der Waals surface area contributed by atoms with Crippen LogP contribution in [0.25, 0.3) is 0 Å². The number of rotatable bonds is 5. The summed E-state index contributed by atoms with van der Waals surface area (Å²) < 4.78 is 4.47. The Morgan fingerprint density at radius 1 is 1.29 bits per heavy atom. The van der Waals surface area contributed by atoms with E-state index in [-0.39, 0.29) is 24.3 Å². The third kappa shape index (κ3) is 4.94. The fourth-order valence-corrected chi connectivity index (χ4v) is 2.67. The summed E-state index contributed by atoms with van der Waals surface area (Å²) in [6, 6.07) is 9.09. The number of nitrogens with one attached hydrogen (secondary N) is 1. The molecule has 1 aliphatic heterocycles. The number of ether oxygens (including phenoxy) is 1. The van der Waals surface area contributed by atoms with Crippen molar-refractivity contribution in [1.82, 2.24) is 10.2 Å². The second-order valence-corrected chi connectivity index (χ2v) is 5.63. The lowest BCUT2D eigenvalue weighted by Crippen LogP contribution is -2.45. The Bertz CT molecular complexity index is 613. The Balaban J connectivity index is 1.86. The number of piperidine rings is 1. The Morgan fingerprint density at radius 2 is 2.04 bits per heavy atom. The quantitative estimate of drug-likeness (QED) is 0.654. The molecule has 0 aromatic heterocycles. The molecule has 0 saturated carbocycles. The molecule has 1 heterocycles. The van der Waals surface area contributed by atoms with Crippen molar-refractivity contribution in [3.63, 3.8) is 0 Å². The zero-order chi connectivity index (χ0) is 17.4. The number of benzene rings is 1. The molecule has 1 aliphatic rings. The van der Waals surface area contributed by atoms with Gasteiger partial charge in [0, 0.05) is 31.3 Å². The fraction of sp³-hybridized carbons (Fsp3) is 0.389. The Kier molecular flexibility index (Phi) is 6.54. The first kappa shape index (κ1) is 17.7. The normalized spacial score (nSPS) is 17.5. The molecule has 2 amide bonds. The first-order valence-corrected chi connectivity index (χ1v) is 7.98. The number of nitrogens with zero attached hydrogens (tertiary/aromatic N) is 1. The van der Waals surface area contributed by atoms with Gasteiger partial charge >= 0.3 is 5.97 Å². The van der Waals surface area contributed by atoms with Crippen molar-refractivity contribution >= 4 is 17.8 Å². The van der Waals surface area contributed by atoms with Crippen LogP contribution in [0.1, 0.15) is 23.2 Å². The molecule has 0 aliphatic carbocycles. The van der Waals surface area contributed by atoms with Gasteiger partial charge in [-0.05, 0) is 25.0 Å². The van der Waals surface area contributed by atoms with E-state index in [1.165, 1.54) is 13.2 Å². The molecule has 1 aromatic carbocycles. The number of esters is 1. The first-order valence-electron chi connectivity index (χ1n) is 7.98. The van der Waals surface area contributed by atoms with Gasteiger partial charge in [-0.15, -0.1) is 0 Å². The van der Waals surface area contributed by atoms with Crippen molar-refractivity contribution in [2.45, 2.75) is 12.8 Å². The highest BCUT2D eigenvalue weighted by Gasteiger charge is 2.28. The third-order valence-corrected chi connectivity index (χ3v) is 3.95. The summed E-state index contributed by atoms with van der Waals surface area (Å²) in [5, 5.41) is 2.76. The molecule has 1 fully saturated rings. The molecule has 1 atom stereocenters. The van der Waals surface area contributed by atoms with Crippen molar-refractivity contribution in [2.75, 3.05) is 26.7 Å². The van der Waals surface area contributed by atoms with Crippen LogP contribution < -0.4 is 5.32 Å². The van der Waals surface area contributed by atoms with Crippen molar-refractivity contribution < 1.29 is 19.1 Å². The topological polar surface area (TPSA) is 75.7 Å². The Hall–Kier alpha value is -2.63. The zero-order valence-corrected chi connectivity index (χ0v) is 13.7.